The number of para-hydroxylation sites is 1. The van der Waals surface area contributed by atoms with Gasteiger partial charge in [-0.05, 0) is 52.9 Å². The van der Waals surface area contributed by atoms with Crippen molar-refractivity contribution in [3.05, 3.63) is 169 Å². The third kappa shape index (κ3) is 4.98. The summed E-state index contributed by atoms with van der Waals surface area (Å²) in [5.74, 6) is 1.89. The van der Waals surface area contributed by atoms with E-state index in [1.54, 1.807) is 0 Å². The number of hydrogen-bond donors (Lipinski definition) is 0. The Morgan fingerprint density at radius 2 is 1.02 bits per heavy atom. The number of nitrogens with zero attached hydrogens (tertiary/aromatic N) is 6. The summed E-state index contributed by atoms with van der Waals surface area (Å²) in [5.41, 5.74) is 9.57. The Morgan fingerprint density at radius 3 is 1.67 bits per heavy atom. The molecule has 0 amide bonds. The zero-order valence-electron chi connectivity index (χ0n) is 26.2. The molecule has 49 heavy (non-hydrogen) atoms. The van der Waals surface area contributed by atoms with Crippen molar-refractivity contribution in [3.63, 3.8) is 0 Å². The standard InChI is InChI=1S/C43H26N6/c1-44-34-22-24-38-36(27-34)35-26-33(21-23-37(35)49(38)39-16-8-14-29-15-9-25-45-40(29)39)28-17-19-32(20-18-28)43-47-41(30-10-4-2-5-11-30)46-42(48-43)31-12-6-3-7-13-31/h2-27H. The van der Waals surface area contributed by atoms with Crippen molar-refractivity contribution in [1.82, 2.24) is 24.5 Å². The van der Waals surface area contributed by atoms with E-state index in [0.29, 0.717) is 23.2 Å². The van der Waals surface area contributed by atoms with Gasteiger partial charge in [0.1, 0.15) is 0 Å². The second-order valence-corrected chi connectivity index (χ2v) is 11.8. The predicted octanol–water partition coefficient (Wildman–Crippen LogP) is 10.7. The minimum Gasteiger partial charge on any atom is -0.307 e. The largest absolute Gasteiger partial charge is 0.307 e. The minimum atomic E-state index is 0.611. The normalized spacial score (nSPS) is 11.2. The molecule has 0 saturated heterocycles. The number of hydrogen-bond acceptors (Lipinski definition) is 4. The van der Waals surface area contributed by atoms with Crippen molar-refractivity contribution < 1.29 is 0 Å². The average molecular weight is 627 g/mol. The van der Waals surface area contributed by atoms with Gasteiger partial charge in [0.05, 0.1) is 28.8 Å². The van der Waals surface area contributed by atoms with Crippen molar-refractivity contribution in [2.45, 2.75) is 0 Å². The topological polar surface area (TPSA) is 60.9 Å². The Kier molecular flexibility index (Phi) is 6.74. The molecule has 3 heterocycles. The van der Waals surface area contributed by atoms with Crippen LogP contribution < -0.4 is 0 Å². The number of pyridine rings is 1. The van der Waals surface area contributed by atoms with E-state index in [1.165, 1.54) is 0 Å². The van der Waals surface area contributed by atoms with E-state index in [4.69, 9.17) is 26.5 Å². The van der Waals surface area contributed by atoms with E-state index in [0.717, 1.165) is 66.2 Å². The molecule has 0 atom stereocenters. The smallest absolute Gasteiger partial charge is 0.188 e. The van der Waals surface area contributed by atoms with Crippen molar-refractivity contribution in [1.29, 1.82) is 0 Å². The van der Waals surface area contributed by atoms with Gasteiger partial charge in [0.15, 0.2) is 23.2 Å². The van der Waals surface area contributed by atoms with Crippen LogP contribution in [0.5, 0.6) is 0 Å². The molecule has 6 heteroatoms. The van der Waals surface area contributed by atoms with Crippen LogP contribution in [-0.4, -0.2) is 24.5 Å². The molecule has 0 unspecified atom stereocenters. The summed E-state index contributed by atoms with van der Waals surface area (Å²) in [5, 5.41) is 3.18. The van der Waals surface area contributed by atoms with E-state index in [1.807, 2.05) is 91.1 Å². The Hall–Kier alpha value is -6.97. The van der Waals surface area contributed by atoms with Crippen LogP contribution in [0.15, 0.2) is 158 Å². The van der Waals surface area contributed by atoms with Gasteiger partial charge in [0.25, 0.3) is 0 Å². The van der Waals surface area contributed by atoms with E-state index in [9.17, 15) is 0 Å². The van der Waals surface area contributed by atoms with Crippen molar-refractivity contribution in [2.75, 3.05) is 0 Å². The van der Waals surface area contributed by atoms with Crippen molar-refractivity contribution >= 4 is 38.4 Å². The first-order valence-corrected chi connectivity index (χ1v) is 16.0. The summed E-state index contributed by atoms with van der Waals surface area (Å²) in [4.78, 5) is 23.1. The average Bonchev–Trinajstić information content (AvgIpc) is 3.51. The molecule has 0 saturated carbocycles. The van der Waals surface area contributed by atoms with Crippen molar-refractivity contribution in [3.8, 4) is 51.0 Å². The molecule has 0 aliphatic heterocycles. The number of fused-ring (bicyclic) bond motifs is 4. The van der Waals surface area contributed by atoms with Crippen LogP contribution in [0.25, 0.3) is 88.5 Å². The monoisotopic (exact) mass is 626 g/mol. The first-order valence-electron chi connectivity index (χ1n) is 16.0. The van der Waals surface area contributed by atoms with Crippen LogP contribution in [-0.2, 0) is 0 Å². The Bertz CT molecular complexity index is 2650. The number of benzene rings is 6. The zero-order chi connectivity index (χ0) is 32.7. The highest BCUT2D eigenvalue weighted by molar-refractivity contribution is 6.12. The molecule has 9 aromatic rings. The van der Waals surface area contributed by atoms with E-state index in [-0.39, 0.29) is 0 Å². The Labute approximate surface area is 282 Å². The van der Waals surface area contributed by atoms with Crippen LogP contribution in [0.4, 0.5) is 5.69 Å². The first kappa shape index (κ1) is 28.3. The maximum Gasteiger partial charge on any atom is 0.188 e. The van der Waals surface area contributed by atoms with Gasteiger partial charge in [0.2, 0.25) is 0 Å². The molecular formula is C43H26N6. The lowest BCUT2D eigenvalue weighted by atomic mass is 10.0. The Balaban J connectivity index is 1.16. The fourth-order valence-corrected chi connectivity index (χ4v) is 6.54. The fourth-order valence-electron chi connectivity index (χ4n) is 6.54. The summed E-state index contributed by atoms with van der Waals surface area (Å²) in [6.07, 6.45) is 1.83. The molecule has 0 N–H and O–H groups in total. The third-order valence-electron chi connectivity index (χ3n) is 8.91. The van der Waals surface area contributed by atoms with Crippen LogP contribution in [0, 0.1) is 6.57 Å². The molecule has 228 valence electrons. The molecule has 0 radical (unpaired) electrons. The van der Waals surface area contributed by atoms with Gasteiger partial charge >= 0.3 is 0 Å². The molecule has 9 rings (SSSR count). The van der Waals surface area contributed by atoms with Crippen LogP contribution in [0.2, 0.25) is 0 Å². The lowest BCUT2D eigenvalue weighted by molar-refractivity contribution is 1.07. The SMILES string of the molecule is [C-]#[N+]c1ccc2c(c1)c1cc(-c3ccc(-c4nc(-c5ccccc5)nc(-c5ccccc5)n4)cc3)ccc1n2-c1cccc2cccnc12. The molecule has 0 aliphatic carbocycles. The van der Waals surface area contributed by atoms with Crippen LogP contribution in [0.3, 0.4) is 0 Å². The highest BCUT2D eigenvalue weighted by Gasteiger charge is 2.17. The van der Waals surface area contributed by atoms with Gasteiger partial charge in [-0.1, -0.05) is 115 Å². The van der Waals surface area contributed by atoms with Gasteiger partial charge in [-0.2, -0.15) is 0 Å². The number of rotatable bonds is 5. The molecule has 0 bridgehead atoms. The molecule has 0 fully saturated rings. The number of aromatic nitrogens is 5. The predicted molar refractivity (Wildman–Crippen MR) is 197 cm³/mol. The molecule has 0 aliphatic rings. The fraction of sp³-hybridized carbons (Fsp3) is 0. The summed E-state index contributed by atoms with van der Waals surface area (Å²) >= 11 is 0. The Morgan fingerprint density at radius 1 is 0.469 bits per heavy atom. The third-order valence-corrected chi connectivity index (χ3v) is 8.91. The highest BCUT2D eigenvalue weighted by Crippen LogP contribution is 2.38. The second kappa shape index (κ2) is 11.7. The van der Waals surface area contributed by atoms with E-state index in [2.05, 4.69) is 76.1 Å². The molecule has 6 aromatic carbocycles. The minimum absolute atomic E-state index is 0.611. The van der Waals surface area contributed by atoms with Crippen molar-refractivity contribution in [2.24, 2.45) is 0 Å². The van der Waals surface area contributed by atoms with E-state index < -0.39 is 0 Å². The maximum atomic E-state index is 7.69. The second-order valence-electron chi connectivity index (χ2n) is 11.8. The summed E-state index contributed by atoms with van der Waals surface area (Å²) in [6, 6.07) is 51.1. The maximum absolute atomic E-state index is 7.69. The quantitative estimate of drug-likeness (QED) is 0.178. The summed E-state index contributed by atoms with van der Waals surface area (Å²) in [7, 11) is 0. The first-order chi connectivity index (χ1) is 24.2. The molecular weight excluding hydrogens is 601 g/mol. The summed E-state index contributed by atoms with van der Waals surface area (Å²) < 4.78 is 2.26. The van der Waals surface area contributed by atoms with Crippen LogP contribution in [0.1, 0.15) is 0 Å². The van der Waals surface area contributed by atoms with Gasteiger partial charge in [0, 0.05) is 33.7 Å². The van der Waals surface area contributed by atoms with Gasteiger partial charge < -0.3 is 4.57 Å². The molecule has 6 nitrogen and oxygen atoms in total. The van der Waals surface area contributed by atoms with Gasteiger partial charge in [-0.15, -0.1) is 0 Å². The molecule has 3 aromatic heterocycles. The van der Waals surface area contributed by atoms with Gasteiger partial charge in [-0.25, -0.2) is 19.8 Å². The zero-order valence-corrected chi connectivity index (χ0v) is 26.2. The lowest BCUT2D eigenvalue weighted by Gasteiger charge is -2.11. The molecule has 0 spiro atoms. The van der Waals surface area contributed by atoms with Crippen LogP contribution >= 0.6 is 0 Å². The lowest BCUT2D eigenvalue weighted by Crippen LogP contribution is -2.00. The van der Waals surface area contributed by atoms with Gasteiger partial charge in [-0.3, -0.25) is 4.98 Å². The van der Waals surface area contributed by atoms with E-state index >= 15 is 0 Å². The summed E-state index contributed by atoms with van der Waals surface area (Å²) in [6.45, 7) is 7.69. The highest BCUT2D eigenvalue weighted by atomic mass is 15.0.